The average molecular weight is 270 g/mol. The van der Waals surface area contributed by atoms with Crippen LogP contribution in [0.3, 0.4) is 0 Å². The van der Waals surface area contributed by atoms with Gasteiger partial charge in [-0.2, -0.15) is 0 Å². The van der Waals surface area contributed by atoms with E-state index in [4.69, 9.17) is 0 Å². The molecule has 0 aliphatic heterocycles. The van der Waals surface area contributed by atoms with Crippen LogP contribution in [-0.2, 0) is 0 Å². The van der Waals surface area contributed by atoms with Crippen molar-refractivity contribution in [3.8, 4) is 0 Å². The van der Waals surface area contributed by atoms with Crippen molar-refractivity contribution in [1.82, 2.24) is 4.90 Å². The van der Waals surface area contributed by atoms with Gasteiger partial charge in [-0.15, -0.1) is 0 Å². The van der Waals surface area contributed by atoms with Crippen molar-refractivity contribution in [2.24, 2.45) is 11.8 Å². The number of hydrogen-bond donors (Lipinski definition) is 0. The first-order valence-corrected chi connectivity index (χ1v) is 8.42. The van der Waals surface area contributed by atoms with E-state index in [9.17, 15) is 0 Å². The van der Waals surface area contributed by atoms with Crippen molar-refractivity contribution in [3.63, 3.8) is 0 Å². The van der Waals surface area contributed by atoms with Gasteiger partial charge >= 0.3 is 0 Å². The van der Waals surface area contributed by atoms with Crippen molar-refractivity contribution < 1.29 is 0 Å². The number of rotatable bonds is 9. The van der Waals surface area contributed by atoms with Gasteiger partial charge in [0.1, 0.15) is 0 Å². The fourth-order valence-electron chi connectivity index (χ4n) is 4.11. The Morgan fingerprint density at radius 2 is 1.11 bits per heavy atom. The Hall–Kier alpha value is -0.0400. The molecular formula is C18H39N. The molecule has 0 aromatic heterocycles. The second-order valence-corrected chi connectivity index (χ2v) is 7.64. The van der Waals surface area contributed by atoms with Crippen LogP contribution in [0.2, 0.25) is 0 Å². The molecule has 116 valence electrons. The van der Waals surface area contributed by atoms with Crippen molar-refractivity contribution in [3.05, 3.63) is 0 Å². The van der Waals surface area contributed by atoms with Gasteiger partial charge in [0.15, 0.2) is 0 Å². The van der Waals surface area contributed by atoms with Gasteiger partial charge in [-0.05, 0) is 57.9 Å². The van der Waals surface area contributed by atoms with Crippen LogP contribution >= 0.6 is 0 Å². The highest BCUT2D eigenvalue weighted by Crippen LogP contribution is 2.38. The molecule has 0 spiro atoms. The predicted octanol–water partition coefficient (Wildman–Crippen LogP) is 5.74. The molecule has 0 bridgehead atoms. The molecule has 0 aromatic rings. The average Bonchev–Trinajstić information content (AvgIpc) is 2.26. The lowest BCUT2D eigenvalue weighted by atomic mass is 9.77. The van der Waals surface area contributed by atoms with Crippen molar-refractivity contribution in [2.45, 2.75) is 99.1 Å². The van der Waals surface area contributed by atoms with E-state index >= 15 is 0 Å². The molecule has 0 fully saturated rings. The van der Waals surface area contributed by atoms with Crippen LogP contribution in [0.1, 0.15) is 88.0 Å². The molecule has 0 aliphatic rings. The standard InChI is InChI=1S/C18H39N/c1-10-17(8,11-2)19(12-3)18(9,13-15(4)5)14-16(6)7/h15-16H,10-14H2,1-9H3. The summed E-state index contributed by atoms with van der Waals surface area (Å²) in [6, 6.07) is 0. The zero-order valence-corrected chi connectivity index (χ0v) is 15.1. The fraction of sp³-hybridized carbons (Fsp3) is 1.00. The summed E-state index contributed by atoms with van der Waals surface area (Å²) in [7, 11) is 0. The quantitative estimate of drug-likeness (QED) is 0.516. The van der Waals surface area contributed by atoms with Crippen molar-refractivity contribution >= 4 is 0 Å². The fourth-order valence-corrected chi connectivity index (χ4v) is 4.11. The Bertz CT molecular complexity index is 228. The van der Waals surface area contributed by atoms with Crippen LogP contribution in [0, 0.1) is 11.8 Å². The summed E-state index contributed by atoms with van der Waals surface area (Å²) >= 11 is 0. The van der Waals surface area contributed by atoms with Gasteiger partial charge in [0.05, 0.1) is 0 Å². The molecule has 1 nitrogen and oxygen atoms in total. The van der Waals surface area contributed by atoms with E-state index in [0.29, 0.717) is 11.1 Å². The minimum Gasteiger partial charge on any atom is -0.293 e. The monoisotopic (exact) mass is 269 g/mol. The third-order valence-corrected chi connectivity index (χ3v) is 4.84. The summed E-state index contributed by atoms with van der Waals surface area (Å²) < 4.78 is 0. The molecular weight excluding hydrogens is 230 g/mol. The van der Waals surface area contributed by atoms with Gasteiger partial charge in [-0.1, -0.05) is 48.5 Å². The highest BCUT2D eigenvalue weighted by atomic mass is 15.2. The second kappa shape index (κ2) is 7.67. The maximum absolute atomic E-state index is 2.81. The molecule has 0 radical (unpaired) electrons. The SMILES string of the molecule is CCN(C(C)(CC)CC)C(C)(CC(C)C)CC(C)C. The molecule has 0 saturated heterocycles. The Balaban J connectivity index is 5.39. The Labute approximate surface area is 123 Å². The normalized spacial score (nSPS) is 13.9. The first kappa shape index (κ1) is 19.0. The third-order valence-electron chi connectivity index (χ3n) is 4.84. The van der Waals surface area contributed by atoms with Gasteiger partial charge in [-0.3, -0.25) is 4.90 Å². The molecule has 0 unspecified atom stereocenters. The minimum atomic E-state index is 0.331. The van der Waals surface area contributed by atoms with Crippen LogP contribution in [-0.4, -0.2) is 22.5 Å². The summed E-state index contributed by atoms with van der Waals surface area (Å²) in [6.45, 7) is 22.6. The Morgan fingerprint density at radius 1 is 0.737 bits per heavy atom. The van der Waals surface area contributed by atoms with Gasteiger partial charge in [0, 0.05) is 11.1 Å². The molecule has 0 rings (SSSR count). The van der Waals surface area contributed by atoms with E-state index in [1.807, 2.05) is 0 Å². The second-order valence-electron chi connectivity index (χ2n) is 7.64. The van der Waals surface area contributed by atoms with E-state index in [1.165, 1.54) is 25.7 Å². The maximum Gasteiger partial charge on any atom is 0.0191 e. The molecule has 19 heavy (non-hydrogen) atoms. The molecule has 0 aromatic carbocycles. The van der Waals surface area contributed by atoms with Crippen LogP contribution < -0.4 is 0 Å². The lowest BCUT2D eigenvalue weighted by Crippen LogP contribution is -2.58. The van der Waals surface area contributed by atoms with Crippen LogP contribution in [0.5, 0.6) is 0 Å². The summed E-state index contributed by atoms with van der Waals surface area (Å²) in [6.07, 6.45) is 5.08. The summed E-state index contributed by atoms with van der Waals surface area (Å²) in [5, 5.41) is 0. The molecule has 0 atom stereocenters. The topological polar surface area (TPSA) is 3.24 Å². The maximum atomic E-state index is 2.81. The van der Waals surface area contributed by atoms with Crippen LogP contribution in [0.25, 0.3) is 0 Å². The lowest BCUT2D eigenvalue weighted by Gasteiger charge is -2.53. The van der Waals surface area contributed by atoms with Crippen LogP contribution in [0.4, 0.5) is 0 Å². The molecule has 0 aliphatic carbocycles. The van der Waals surface area contributed by atoms with E-state index in [1.54, 1.807) is 0 Å². The van der Waals surface area contributed by atoms with Gasteiger partial charge in [0.2, 0.25) is 0 Å². The smallest absolute Gasteiger partial charge is 0.0191 e. The predicted molar refractivity (Wildman–Crippen MR) is 88.7 cm³/mol. The van der Waals surface area contributed by atoms with E-state index < -0.39 is 0 Å². The molecule has 0 amide bonds. The van der Waals surface area contributed by atoms with Crippen molar-refractivity contribution in [1.29, 1.82) is 0 Å². The van der Waals surface area contributed by atoms with E-state index in [-0.39, 0.29) is 0 Å². The highest BCUT2D eigenvalue weighted by molar-refractivity contribution is 4.96. The Morgan fingerprint density at radius 3 is 1.32 bits per heavy atom. The minimum absolute atomic E-state index is 0.331. The summed E-state index contributed by atoms with van der Waals surface area (Å²) in [4.78, 5) is 2.81. The van der Waals surface area contributed by atoms with Gasteiger partial charge in [-0.25, -0.2) is 0 Å². The zero-order valence-electron chi connectivity index (χ0n) is 15.1. The zero-order chi connectivity index (χ0) is 15.3. The van der Waals surface area contributed by atoms with Gasteiger partial charge in [0.25, 0.3) is 0 Å². The summed E-state index contributed by atoms with van der Waals surface area (Å²) in [5.74, 6) is 1.52. The van der Waals surface area contributed by atoms with E-state index in [0.717, 1.165) is 18.4 Å². The Kier molecular flexibility index (Phi) is 7.65. The van der Waals surface area contributed by atoms with Crippen molar-refractivity contribution in [2.75, 3.05) is 6.54 Å². The number of nitrogens with zero attached hydrogens (tertiary/aromatic N) is 1. The lowest BCUT2D eigenvalue weighted by molar-refractivity contribution is -0.0279. The molecule has 0 saturated carbocycles. The third kappa shape index (κ3) is 5.10. The first-order chi connectivity index (χ1) is 8.65. The first-order valence-electron chi connectivity index (χ1n) is 8.42. The molecule has 1 heteroatoms. The largest absolute Gasteiger partial charge is 0.293 e. The van der Waals surface area contributed by atoms with Crippen LogP contribution in [0.15, 0.2) is 0 Å². The molecule has 0 N–H and O–H groups in total. The highest BCUT2D eigenvalue weighted by Gasteiger charge is 2.40. The number of hydrogen-bond acceptors (Lipinski definition) is 1. The van der Waals surface area contributed by atoms with Gasteiger partial charge < -0.3 is 0 Å². The van der Waals surface area contributed by atoms with E-state index in [2.05, 4.69) is 67.2 Å². The molecule has 0 heterocycles. The summed E-state index contributed by atoms with van der Waals surface area (Å²) in [5.41, 5.74) is 0.672.